The number of hydrogen-bond donors (Lipinski definition) is 2. The molecule has 1 heterocycles. The van der Waals surface area contributed by atoms with E-state index in [1.54, 1.807) is 12.1 Å². The van der Waals surface area contributed by atoms with Crippen molar-refractivity contribution in [3.63, 3.8) is 0 Å². The fourth-order valence-corrected chi connectivity index (χ4v) is 2.83. The lowest BCUT2D eigenvalue weighted by Gasteiger charge is -2.22. The third-order valence-corrected chi connectivity index (χ3v) is 3.97. The van der Waals surface area contributed by atoms with E-state index < -0.39 is 5.97 Å². The van der Waals surface area contributed by atoms with Crippen LogP contribution in [0.1, 0.15) is 21.5 Å². The minimum Gasteiger partial charge on any atom is -0.507 e. The Hall–Kier alpha value is -2.49. The number of hydrogen-bond acceptors (Lipinski definition) is 3. The van der Waals surface area contributed by atoms with Crippen molar-refractivity contribution in [3.8, 4) is 5.75 Å². The number of carboxylic acids is 1. The number of carboxylic acid groups (broad SMARTS) is 1. The molecule has 0 aromatic heterocycles. The average molecular weight is 283 g/mol. The monoisotopic (exact) mass is 283 g/mol. The Labute approximate surface area is 123 Å². The Kier molecular flexibility index (Phi) is 3.52. The van der Waals surface area contributed by atoms with Crippen LogP contribution in [0.2, 0.25) is 0 Å². The van der Waals surface area contributed by atoms with Crippen molar-refractivity contribution >= 4 is 11.7 Å². The Morgan fingerprint density at radius 3 is 2.24 bits per heavy atom. The van der Waals surface area contributed by atoms with Gasteiger partial charge in [-0.1, -0.05) is 18.2 Å². The van der Waals surface area contributed by atoms with Crippen LogP contribution < -0.4 is 4.90 Å². The molecule has 21 heavy (non-hydrogen) atoms. The lowest BCUT2D eigenvalue weighted by Crippen LogP contribution is -2.25. The second kappa shape index (κ2) is 5.48. The molecule has 1 aliphatic heterocycles. The summed E-state index contributed by atoms with van der Waals surface area (Å²) in [5, 5.41) is 18.9. The van der Waals surface area contributed by atoms with Crippen LogP contribution in [0.15, 0.2) is 42.5 Å². The number of phenols is 1. The fraction of sp³-hybridized carbons (Fsp3) is 0.235. The van der Waals surface area contributed by atoms with Gasteiger partial charge in [0.15, 0.2) is 0 Å². The minimum atomic E-state index is -1.08. The highest BCUT2D eigenvalue weighted by Crippen LogP contribution is 2.27. The van der Waals surface area contributed by atoms with E-state index in [1.807, 2.05) is 18.2 Å². The molecule has 0 radical (unpaired) electrons. The number of benzene rings is 2. The largest absolute Gasteiger partial charge is 0.507 e. The molecule has 0 unspecified atom stereocenters. The molecule has 0 saturated heterocycles. The smallest absolute Gasteiger partial charge is 0.339 e. The zero-order valence-corrected chi connectivity index (χ0v) is 11.6. The summed E-state index contributed by atoms with van der Waals surface area (Å²) in [5.74, 6) is -1.23. The molecule has 2 aromatic carbocycles. The van der Waals surface area contributed by atoms with Gasteiger partial charge in [0.05, 0.1) is 0 Å². The molecular weight excluding hydrogens is 266 g/mol. The first kappa shape index (κ1) is 13.5. The fourth-order valence-electron chi connectivity index (χ4n) is 2.83. The highest BCUT2D eigenvalue weighted by Gasteiger charge is 2.18. The van der Waals surface area contributed by atoms with Crippen LogP contribution in [0.3, 0.4) is 0 Å². The Morgan fingerprint density at radius 2 is 1.62 bits per heavy atom. The maximum absolute atomic E-state index is 11.1. The van der Waals surface area contributed by atoms with Crippen LogP contribution in [-0.2, 0) is 12.8 Å². The van der Waals surface area contributed by atoms with E-state index in [4.69, 9.17) is 5.11 Å². The molecular formula is C17H17NO3. The summed E-state index contributed by atoms with van der Waals surface area (Å²) in [5.41, 5.74) is 3.22. The normalized spacial score (nSPS) is 14.4. The summed E-state index contributed by atoms with van der Waals surface area (Å²) in [6.07, 6.45) is 1.59. The molecule has 108 valence electrons. The van der Waals surface area contributed by atoms with Crippen LogP contribution >= 0.6 is 0 Å². The average Bonchev–Trinajstić information content (AvgIpc) is 2.69. The summed E-state index contributed by atoms with van der Waals surface area (Å²) < 4.78 is 0. The molecule has 0 fully saturated rings. The SMILES string of the molecule is O=C(O)c1cc2c(cc1O)CCN(c1ccccc1)CC2. The van der Waals surface area contributed by atoms with Crippen molar-refractivity contribution in [2.45, 2.75) is 12.8 Å². The minimum absolute atomic E-state index is 0.0121. The molecule has 2 N–H and O–H groups in total. The second-order valence-electron chi connectivity index (χ2n) is 5.27. The number of anilines is 1. The maximum atomic E-state index is 11.1. The van der Waals surface area contributed by atoms with Gasteiger partial charge in [0.1, 0.15) is 11.3 Å². The van der Waals surface area contributed by atoms with Crippen molar-refractivity contribution < 1.29 is 15.0 Å². The van der Waals surface area contributed by atoms with E-state index >= 15 is 0 Å². The Balaban J connectivity index is 1.88. The first-order valence-electron chi connectivity index (χ1n) is 7.03. The maximum Gasteiger partial charge on any atom is 0.339 e. The Bertz CT molecular complexity index is 667. The van der Waals surface area contributed by atoms with E-state index in [-0.39, 0.29) is 11.3 Å². The van der Waals surface area contributed by atoms with E-state index in [0.717, 1.165) is 37.1 Å². The van der Waals surface area contributed by atoms with Crippen LogP contribution in [0, 0.1) is 0 Å². The molecule has 3 rings (SSSR count). The first-order valence-corrected chi connectivity index (χ1v) is 7.03. The van der Waals surface area contributed by atoms with Gasteiger partial charge in [0.2, 0.25) is 0 Å². The lowest BCUT2D eigenvalue weighted by molar-refractivity contribution is 0.0693. The van der Waals surface area contributed by atoms with E-state index in [2.05, 4.69) is 17.0 Å². The molecule has 0 amide bonds. The summed E-state index contributed by atoms with van der Waals surface area (Å²) in [6.45, 7) is 1.71. The van der Waals surface area contributed by atoms with Gasteiger partial charge in [-0.25, -0.2) is 4.79 Å². The van der Waals surface area contributed by atoms with E-state index in [1.165, 1.54) is 5.69 Å². The molecule has 0 spiro atoms. The standard InChI is InChI=1S/C17H17NO3/c19-16-11-13-7-9-18(14-4-2-1-3-5-14)8-6-12(13)10-15(16)17(20)21/h1-5,10-11,19H,6-9H2,(H,20,21). The number of nitrogens with zero attached hydrogens (tertiary/aromatic N) is 1. The van der Waals surface area contributed by atoms with Crippen molar-refractivity contribution in [1.82, 2.24) is 0 Å². The highest BCUT2D eigenvalue weighted by atomic mass is 16.4. The highest BCUT2D eigenvalue weighted by molar-refractivity contribution is 5.91. The first-order chi connectivity index (χ1) is 10.1. The number of rotatable bonds is 2. The van der Waals surface area contributed by atoms with Crippen molar-refractivity contribution in [3.05, 3.63) is 59.2 Å². The van der Waals surface area contributed by atoms with Crippen LogP contribution in [0.4, 0.5) is 5.69 Å². The number of aromatic carboxylic acids is 1. The zero-order chi connectivity index (χ0) is 14.8. The van der Waals surface area contributed by atoms with Gasteiger partial charge >= 0.3 is 5.97 Å². The van der Waals surface area contributed by atoms with Gasteiger partial charge in [0, 0.05) is 18.8 Å². The number of carbonyl (C=O) groups is 1. The number of para-hydroxylation sites is 1. The van der Waals surface area contributed by atoms with Crippen LogP contribution in [0.5, 0.6) is 5.75 Å². The summed E-state index contributed by atoms with van der Waals surface area (Å²) in [6, 6.07) is 13.4. The molecule has 4 heteroatoms. The van der Waals surface area contributed by atoms with E-state index in [9.17, 15) is 9.90 Å². The lowest BCUT2D eigenvalue weighted by atomic mass is 9.99. The molecule has 4 nitrogen and oxygen atoms in total. The summed E-state index contributed by atoms with van der Waals surface area (Å²) >= 11 is 0. The summed E-state index contributed by atoms with van der Waals surface area (Å²) in [7, 11) is 0. The summed E-state index contributed by atoms with van der Waals surface area (Å²) in [4.78, 5) is 13.4. The number of aromatic hydroxyl groups is 1. The Morgan fingerprint density at radius 1 is 1.00 bits per heavy atom. The van der Waals surface area contributed by atoms with Crippen molar-refractivity contribution in [2.24, 2.45) is 0 Å². The number of fused-ring (bicyclic) bond motifs is 1. The van der Waals surface area contributed by atoms with Gasteiger partial charge in [-0.2, -0.15) is 0 Å². The van der Waals surface area contributed by atoms with Crippen LogP contribution in [0.25, 0.3) is 0 Å². The third kappa shape index (κ3) is 2.70. The predicted molar refractivity (Wildman–Crippen MR) is 81.1 cm³/mol. The molecule has 1 aliphatic rings. The van der Waals surface area contributed by atoms with Crippen LogP contribution in [-0.4, -0.2) is 29.3 Å². The third-order valence-electron chi connectivity index (χ3n) is 3.97. The predicted octanol–water partition coefficient (Wildman–Crippen LogP) is 2.70. The molecule has 0 bridgehead atoms. The zero-order valence-electron chi connectivity index (χ0n) is 11.6. The van der Waals surface area contributed by atoms with Crippen molar-refractivity contribution in [2.75, 3.05) is 18.0 Å². The van der Waals surface area contributed by atoms with Gasteiger partial charge in [-0.3, -0.25) is 0 Å². The van der Waals surface area contributed by atoms with Gasteiger partial charge in [-0.15, -0.1) is 0 Å². The van der Waals surface area contributed by atoms with E-state index in [0.29, 0.717) is 0 Å². The second-order valence-corrected chi connectivity index (χ2v) is 5.27. The molecule has 0 saturated carbocycles. The van der Waals surface area contributed by atoms with Gasteiger partial charge in [0.25, 0.3) is 0 Å². The molecule has 0 atom stereocenters. The molecule has 0 aliphatic carbocycles. The molecule has 2 aromatic rings. The van der Waals surface area contributed by atoms with Gasteiger partial charge < -0.3 is 15.1 Å². The van der Waals surface area contributed by atoms with Crippen molar-refractivity contribution in [1.29, 1.82) is 0 Å². The van der Waals surface area contributed by atoms with Gasteiger partial charge in [-0.05, 0) is 48.2 Å². The quantitative estimate of drug-likeness (QED) is 0.889. The topological polar surface area (TPSA) is 60.8 Å².